The van der Waals surface area contributed by atoms with Crippen LogP contribution in [-0.2, 0) is 6.18 Å². The number of halogens is 4. The third kappa shape index (κ3) is 3.39. The molecule has 2 aromatic rings. The Morgan fingerprint density at radius 3 is 2.45 bits per heavy atom. The molecule has 0 bridgehead atoms. The quantitative estimate of drug-likeness (QED) is 0.763. The Morgan fingerprint density at radius 2 is 1.80 bits per heavy atom. The Morgan fingerprint density at radius 1 is 1.10 bits per heavy atom. The van der Waals surface area contributed by atoms with E-state index in [-0.39, 0.29) is 11.0 Å². The van der Waals surface area contributed by atoms with E-state index in [4.69, 9.17) is 16.3 Å². The van der Waals surface area contributed by atoms with Crippen LogP contribution in [0.2, 0.25) is 5.15 Å². The van der Waals surface area contributed by atoms with Crippen molar-refractivity contribution in [2.45, 2.75) is 20.0 Å². The predicted molar refractivity (Wildman–Crippen MR) is 68.0 cm³/mol. The van der Waals surface area contributed by atoms with Crippen LogP contribution in [0.15, 0.2) is 24.3 Å². The number of alkyl halides is 3. The molecule has 0 aliphatic rings. The molecule has 0 radical (unpaired) electrons. The summed E-state index contributed by atoms with van der Waals surface area (Å²) in [6.07, 6.45) is -4.68. The first-order chi connectivity index (χ1) is 9.25. The van der Waals surface area contributed by atoms with Crippen molar-refractivity contribution in [1.82, 2.24) is 9.97 Å². The van der Waals surface area contributed by atoms with Crippen LogP contribution in [0.3, 0.4) is 0 Å². The summed E-state index contributed by atoms with van der Waals surface area (Å²) >= 11 is 5.56. The van der Waals surface area contributed by atoms with Gasteiger partial charge in [-0.05, 0) is 31.0 Å². The summed E-state index contributed by atoms with van der Waals surface area (Å²) < 4.78 is 43.1. The van der Waals surface area contributed by atoms with Gasteiger partial charge in [-0.25, -0.2) is 4.98 Å². The Bertz CT molecular complexity index is 644. The maximum absolute atomic E-state index is 12.6. The van der Waals surface area contributed by atoms with E-state index in [2.05, 4.69) is 9.97 Å². The minimum Gasteiger partial charge on any atom is -0.439 e. The van der Waals surface area contributed by atoms with Crippen LogP contribution in [0.25, 0.3) is 0 Å². The highest BCUT2D eigenvalue weighted by Gasteiger charge is 2.35. The summed E-state index contributed by atoms with van der Waals surface area (Å²) in [5.41, 5.74) is 1.70. The molecule has 0 aliphatic carbocycles. The Hall–Kier alpha value is -1.82. The molecule has 2 rings (SSSR count). The van der Waals surface area contributed by atoms with E-state index in [0.717, 1.165) is 17.2 Å². The molecule has 20 heavy (non-hydrogen) atoms. The third-order valence-corrected chi connectivity index (χ3v) is 2.68. The van der Waals surface area contributed by atoms with Gasteiger partial charge in [0.05, 0.1) is 0 Å². The van der Waals surface area contributed by atoms with Crippen LogP contribution in [0, 0.1) is 13.8 Å². The van der Waals surface area contributed by atoms with Crippen molar-refractivity contribution in [3.05, 3.63) is 46.4 Å². The second-order valence-corrected chi connectivity index (χ2v) is 4.61. The fourth-order valence-corrected chi connectivity index (χ4v) is 1.68. The van der Waals surface area contributed by atoms with Gasteiger partial charge in [0.1, 0.15) is 10.9 Å². The van der Waals surface area contributed by atoms with Crippen molar-refractivity contribution >= 4 is 11.6 Å². The Balaban J connectivity index is 2.39. The second-order valence-electron chi connectivity index (χ2n) is 4.22. The molecule has 7 heteroatoms. The lowest BCUT2D eigenvalue weighted by Gasteiger charge is -2.11. The molecule has 1 aromatic carbocycles. The highest BCUT2D eigenvalue weighted by atomic mass is 35.5. The van der Waals surface area contributed by atoms with Gasteiger partial charge < -0.3 is 4.74 Å². The zero-order chi connectivity index (χ0) is 14.9. The van der Waals surface area contributed by atoms with Crippen molar-refractivity contribution < 1.29 is 17.9 Å². The van der Waals surface area contributed by atoms with Crippen LogP contribution in [0.5, 0.6) is 11.6 Å². The minimum absolute atomic E-state index is 0.244. The van der Waals surface area contributed by atoms with Crippen molar-refractivity contribution in [2.24, 2.45) is 0 Å². The maximum Gasteiger partial charge on any atom is 0.451 e. The van der Waals surface area contributed by atoms with Gasteiger partial charge in [0.15, 0.2) is 0 Å². The molecule has 1 aromatic heterocycles. The second kappa shape index (κ2) is 5.28. The number of ether oxygens (including phenoxy) is 1. The maximum atomic E-state index is 12.6. The molecule has 1 heterocycles. The molecule has 0 saturated heterocycles. The van der Waals surface area contributed by atoms with Gasteiger partial charge in [0.25, 0.3) is 0 Å². The van der Waals surface area contributed by atoms with Crippen LogP contribution < -0.4 is 4.74 Å². The standard InChI is InChI=1S/C13H10ClF3N2O/c1-7-3-4-8(2)9(5-7)20-11-6-10(14)18-12(19-11)13(15,16)17/h3-6H,1-2H3. The molecule has 0 amide bonds. The Kier molecular flexibility index (Phi) is 3.85. The average molecular weight is 303 g/mol. The summed E-state index contributed by atoms with van der Waals surface area (Å²) in [7, 11) is 0. The lowest BCUT2D eigenvalue weighted by atomic mass is 10.1. The number of nitrogens with zero attached hydrogens (tertiary/aromatic N) is 2. The van der Waals surface area contributed by atoms with E-state index in [0.29, 0.717) is 5.75 Å². The molecular formula is C13H10ClF3N2O. The monoisotopic (exact) mass is 302 g/mol. The molecule has 0 spiro atoms. The summed E-state index contributed by atoms with van der Waals surface area (Å²) in [6.45, 7) is 3.63. The van der Waals surface area contributed by atoms with E-state index < -0.39 is 12.0 Å². The van der Waals surface area contributed by atoms with E-state index in [1.165, 1.54) is 0 Å². The SMILES string of the molecule is Cc1ccc(C)c(Oc2cc(Cl)nc(C(F)(F)F)n2)c1. The highest BCUT2D eigenvalue weighted by Crippen LogP contribution is 2.31. The first kappa shape index (κ1) is 14.6. The van der Waals surface area contributed by atoms with Gasteiger partial charge in [-0.15, -0.1) is 0 Å². The largest absolute Gasteiger partial charge is 0.451 e. The average Bonchev–Trinajstić information content (AvgIpc) is 2.32. The fraction of sp³-hybridized carbons (Fsp3) is 0.231. The Labute approximate surface area is 118 Å². The van der Waals surface area contributed by atoms with Crippen molar-refractivity contribution in [3.8, 4) is 11.6 Å². The number of hydrogen-bond donors (Lipinski definition) is 0. The summed E-state index contributed by atoms with van der Waals surface area (Å²) in [5.74, 6) is -1.15. The van der Waals surface area contributed by atoms with Crippen molar-refractivity contribution in [2.75, 3.05) is 0 Å². The van der Waals surface area contributed by atoms with Gasteiger partial charge in [-0.1, -0.05) is 23.7 Å². The molecule has 0 atom stereocenters. The number of aryl methyl sites for hydroxylation is 2. The van der Waals surface area contributed by atoms with E-state index in [9.17, 15) is 13.2 Å². The first-order valence-corrected chi connectivity index (χ1v) is 6.00. The lowest BCUT2D eigenvalue weighted by Crippen LogP contribution is -2.11. The summed E-state index contributed by atoms with van der Waals surface area (Å²) in [4.78, 5) is 6.46. The first-order valence-electron chi connectivity index (χ1n) is 5.62. The zero-order valence-corrected chi connectivity index (χ0v) is 11.4. The smallest absolute Gasteiger partial charge is 0.439 e. The molecule has 0 aliphatic heterocycles. The van der Waals surface area contributed by atoms with Crippen LogP contribution in [0.4, 0.5) is 13.2 Å². The minimum atomic E-state index is -4.68. The summed E-state index contributed by atoms with van der Waals surface area (Å²) in [6, 6.07) is 6.52. The normalized spacial score (nSPS) is 11.5. The number of benzene rings is 1. The summed E-state index contributed by atoms with van der Waals surface area (Å²) in [5, 5.41) is -0.326. The zero-order valence-electron chi connectivity index (χ0n) is 10.6. The molecule has 0 fully saturated rings. The highest BCUT2D eigenvalue weighted by molar-refractivity contribution is 6.29. The van der Waals surface area contributed by atoms with E-state index in [1.807, 2.05) is 13.0 Å². The number of aromatic nitrogens is 2. The molecule has 0 unspecified atom stereocenters. The van der Waals surface area contributed by atoms with Crippen molar-refractivity contribution in [1.29, 1.82) is 0 Å². The lowest BCUT2D eigenvalue weighted by molar-refractivity contribution is -0.145. The number of rotatable bonds is 2. The van der Waals surface area contributed by atoms with Crippen molar-refractivity contribution in [3.63, 3.8) is 0 Å². The van der Waals surface area contributed by atoms with Gasteiger partial charge in [0.2, 0.25) is 11.7 Å². The van der Waals surface area contributed by atoms with Gasteiger partial charge in [-0.3, -0.25) is 0 Å². The van der Waals surface area contributed by atoms with Gasteiger partial charge in [-0.2, -0.15) is 18.2 Å². The predicted octanol–water partition coefficient (Wildman–Crippen LogP) is 4.56. The topological polar surface area (TPSA) is 35.0 Å². The molecule has 0 N–H and O–H groups in total. The molecule has 106 valence electrons. The van der Waals surface area contributed by atoms with E-state index in [1.54, 1.807) is 19.1 Å². The van der Waals surface area contributed by atoms with Crippen LogP contribution in [-0.4, -0.2) is 9.97 Å². The van der Waals surface area contributed by atoms with E-state index >= 15 is 0 Å². The van der Waals surface area contributed by atoms with Gasteiger partial charge >= 0.3 is 6.18 Å². The molecular weight excluding hydrogens is 293 g/mol. The third-order valence-electron chi connectivity index (χ3n) is 2.48. The fourth-order valence-electron chi connectivity index (χ4n) is 1.51. The van der Waals surface area contributed by atoms with Crippen LogP contribution in [0.1, 0.15) is 17.0 Å². The molecule has 0 saturated carbocycles. The number of hydrogen-bond acceptors (Lipinski definition) is 3. The van der Waals surface area contributed by atoms with Gasteiger partial charge in [0, 0.05) is 6.07 Å². The molecule has 3 nitrogen and oxygen atoms in total. The van der Waals surface area contributed by atoms with Crippen LogP contribution >= 0.6 is 11.6 Å².